The first kappa shape index (κ1) is 21.8. The van der Waals surface area contributed by atoms with Gasteiger partial charge in [0.2, 0.25) is 0 Å². The monoisotopic (exact) mass is 454 g/mol. The molecule has 9 heteroatoms. The van der Waals surface area contributed by atoms with E-state index in [-0.39, 0.29) is 16.8 Å². The Kier molecular flexibility index (Phi) is 5.12. The summed E-state index contributed by atoms with van der Waals surface area (Å²) in [7, 11) is 2.07. The van der Waals surface area contributed by atoms with Crippen LogP contribution in [0.3, 0.4) is 0 Å². The van der Waals surface area contributed by atoms with Crippen LogP contribution in [0, 0.1) is 0 Å². The zero-order valence-electron chi connectivity index (χ0n) is 19.0. The zero-order chi connectivity index (χ0) is 23.4. The summed E-state index contributed by atoms with van der Waals surface area (Å²) in [5.74, 6) is 0.802. The van der Waals surface area contributed by atoms with E-state index in [0.717, 1.165) is 18.7 Å². The summed E-state index contributed by atoms with van der Waals surface area (Å²) in [5.41, 5.74) is 2.50. The fraction of sp³-hybridized carbons (Fsp3) is 0.458. The number of aromatic hydroxyl groups is 1. The maximum Gasteiger partial charge on any atom is 0.333 e. The Balaban J connectivity index is 1.34. The van der Waals surface area contributed by atoms with Crippen molar-refractivity contribution in [3.05, 3.63) is 42.7 Å². The second-order valence-electron chi connectivity index (χ2n) is 9.91. The number of benzene rings is 1. The number of piperidine rings is 1. The quantitative estimate of drug-likeness (QED) is 0.586. The lowest BCUT2D eigenvalue weighted by molar-refractivity contribution is 0.0566. The lowest BCUT2D eigenvalue weighted by atomic mass is 9.84. The lowest BCUT2D eigenvalue weighted by Crippen LogP contribution is -2.58. The van der Waals surface area contributed by atoms with E-state index in [2.05, 4.69) is 46.4 Å². The maximum absolute atomic E-state index is 12.8. The number of hydrogen-bond acceptors (Lipinski definition) is 6. The van der Waals surface area contributed by atoms with Crippen molar-refractivity contribution in [3.8, 4) is 28.1 Å². The van der Waals surface area contributed by atoms with Gasteiger partial charge in [0.25, 0.3) is 0 Å². The van der Waals surface area contributed by atoms with Crippen LogP contribution < -0.4 is 10.2 Å². The highest BCUT2D eigenvalue weighted by molar-refractivity contribution is 5.74. The van der Waals surface area contributed by atoms with Crippen molar-refractivity contribution in [1.82, 2.24) is 25.3 Å². The molecule has 2 fully saturated rings. The molecule has 174 valence electrons. The summed E-state index contributed by atoms with van der Waals surface area (Å²) in [6.45, 7) is 1.90. The highest BCUT2D eigenvalue weighted by Gasteiger charge is 2.49. The second kappa shape index (κ2) is 7.76. The van der Waals surface area contributed by atoms with Gasteiger partial charge >= 0.3 is 6.55 Å². The van der Waals surface area contributed by atoms with Gasteiger partial charge in [-0.25, -0.2) is 4.68 Å². The molecule has 1 aromatic carbocycles. The molecule has 2 N–H and O–H groups in total. The van der Waals surface area contributed by atoms with Gasteiger partial charge < -0.3 is 15.3 Å². The number of rotatable bonds is 5. The third-order valence-corrected chi connectivity index (χ3v) is 7.17. The van der Waals surface area contributed by atoms with Gasteiger partial charge in [-0.15, -0.1) is 10.2 Å². The Labute approximate surface area is 191 Å². The Morgan fingerprint density at radius 3 is 2.39 bits per heavy atom. The molecule has 3 aromatic rings. The van der Waals surface area contributed by atoms with Crippen LogP contribution in [0.2, 0.25) is 0 Å². The smallest absolute Gasteiger partial charge is 0.333 e. The van der Waals surface area contributed by atoms with Gasteiger partial charge in [0.05, 0.1) is 11.9 Å². The van der Waals surface area contributed by atoms with Gasteiger partial charge in [-0.1, -0.05) is 6.07 Å². The van der Waals surface area contributed by atoms with E-state index in [4.69, 9.17) is 0 Å². The lowest BCUT2D eigenvalue weighted by Gasteiger charge is -2.45. The van der Waals surface area contributed by atoms with Crippen molar-refractivity contribution in [2.75, 3.05) is 11.9 Å². The standard InChI is InChI=1S/C24H28F2N6O/c1-23-8-9-24(2,30-23)12-17(11-23)31(3)21-7-6-19(28-29-21)18-5-4-15(10-20(18)33)16-13-27-32(14-16)22(25)26/h4-7,10,13-14,17,22,30,33H,8-9,11-12H2,1-3H3/t17?,23-,24+. The van der Waals surface area contributed by atoms with Crippen LogP contribution >= 0.6 is 0 Å². The van der Waals surface area contributed by atoms with E-state index in [1.165, 1.54) is 31.3 Å². The Hall–Kier alpha value is -3.07. The van der Waals surface area contributed by atoms with Gasteiger partial charge in [0.1, 0.15) is 5.75 Å². The number of halogens is 2. The summed E-state index contributed by atoms with van der Waals surface area (Å²) in [5, 5.41) is 26.8. The number of fused-ring (bicyclic) bond motifs is 2. The van der Waals surface area contributed by atoms with Crippen LogP contribution in [0.1, 0.15) is 46.1 Å². The number of phenols is 1. The number of nitrogens with one attached hydrogen (secondary N) is 1. The van der Waals surface area contributed by atoms with Crippen molar-refractivity contribution in [2.45, 2.75) is 63.2 Å². The molecule has 5 rings (SSSR count). The Morgan fingerprint density at radius 2 is 1.82 bits per heavy atom. The summed E-state index contributed by atoms with van der Waals surface area (Å²) >= 11 is 0. The van der Waals surface area contributed by atoms with Gasteiger partial charge in [0.15, 0.2) is 5.82 Å². The van der Waals surface area contributed by atoms with Crippen LogP contribution in [0.5, 0.6) is 5.75 Å². The number of anilines is 1. The summed E-state index contributed by atoms with van der Waals surface area (Å²) < 4.78 is 26.1. The predicted molar refractivity (Wildman–Crippen MR) is 122 cm³/mol. The van der Waals surface area contributed by atoms with Gasteiger partial charge in [0, 0.05) is 41.5 Å². The number of aromatic nitrogens is 4. The molecular formula is C24H28F2N6O. The number of phenolic OH excluding ortho intramolecular Hbond substituents is 1. The van der Waals surface area contributed by atoms with Gasteiger partial charge in [-0.3, -0.25) is 0 Å². The Bertz CT molecular complexity index is 1150. The highest BCUT2D eigenvalue weighted by atomic mass is 19.3. The van der Waals surface area contributed by atoms with Crippen molar-refractivity contribution in [2.24, 2.45) is 0 Å². The van der Waals surface area contributed by atoms with Crippen LogP contribution in [0.15, 0.2) is 42.7 Å². The first-order valence-electron chi connectivity index (χ1n) is 11.2. The first-order chi connectivity index (χ1) is 15.6. The van der Waals surface area contributed by atoms with Crippen molar-refractivity contribution < 1.29 is 13.9 Å². The molecule has 0 amide bonds. The fourth-order valence-electron chi connectivity index (χ4n) is 5.46. The molecule has 0 saturated carbocycles. The van der Waals surface area contributed by atoms with E-state index in [1.54, 1.807) is 12.1 Å². The van der Waals surface area contributed by atoms with Crippen molar-refractivity contribution in [3.63, 3.8) is 0 Å². The maximum atomic E-state index is 12.8. The molecule has 7 nitrogen and oxygen atoms in total. The predicted octanol–water partition coefficient (Wildman–Crippen LogP) is 4.61. The molecule has 4 heterocycles. The summed E-state index contributed by atoms with van der Waals surface area (Å²) in [6.07, 6.45) is 7.10. The third-order valence-electron chi connectivity index (χ3n) is 7.17. The largest absolute Gasteiger partial charge is 0.507 e. The zero-order valence-corrected chi connectivity index (χ0v) is 19.0. The molecular weight excluding hydrogens is 426 g/mol. The number of nitrogens with zero attached hydrogens (tertiary/aromatic N) is 5. The molecule has 2 saturated heterocycles. The number of hydrogen-bond donors (Lipinski definition) is 2. The molecule has 33 heavy (non-hydrogen) atoms. The van der Waals surface area contributed by atoms with E-state index >= 15 is 0 Å². The van der Waals surface area contributed by atoms with E-state index < -0.39 is 6.55 Å². The Morgan fingerprint density at radius 1 is 1.09 bits per heavy atom. The van der Waals surface area contributed by atoms with E-state index in [0.29, 0.717) is 33.1 Å². The normalized spacial score (nSPS) is 26.7. The van der Waals surface area contributed by atoms with E-state index in [1.807, 2.05) is 12.1 Å². The van der Waals surface area contributed by atoms with Crippen molar-refractivity contribution in [1.29, 1.82) is 0 Å². The molecule has 0 radical (unpaired) electrons. The average Bonchev–Trinajstić information content (AvgIpc) is 3.35. The second-order valence-corrected chi connectivity index (χ2v) is 9.91. The minimum atomic E-state index is -2.70. The molecule has 1 unspecified atom stereocenters. The third kappa shape index (κ3) is 4.06. The summed E-state index contributed by atoms with van der Waals surface area (Å²) in [4.78, 5) is 2.21. The molecule has 2 bridgehead atoms. The molecule has 2 aliphatic heterocycles. The van der Waals surface area contributed by atoms with Gasteiger partial charge in [-0.2, -0.15) is 13.9 Å². The minimum absolute atomic E-state index is 0.00322. The molecule has 0 aliphatic carbocycles. The SMILES string of the molecule is CN(c1ccc(-c2ccc(-c3cnn(C(F)F)c3)cc2O)nn1)C1C[C@]2(C)CC[C@](C)(C1)N2. The molecule has 0 spiro atoms. The summed E-state index contributed by atoms with van der Waals surface area (Å²) in [6, 6.07) is 9.14. The molecule has 3 atom stereocenters. The topological polar surface area (TPSA) is 79.1 Å². The van der Waals surface area contributed by atoms with Crippen LogP contribution in [-0.4, -0.2) is 49.3 Å². The molecule has 2 aliphatic rings. The molecule has 2 aromatic heterocycles. The highest BCUT2D eigenvalue weighted by Crippen LogP contribution is 2.43. The minimum Gasteiger partial charge on any atom is -0.507 e. The first-order valence-corrected chi connectivity index (χ1v) is 11.2. The van der Waals surface area contributed by atoms with Crippen LogP contribution in [0.4, 0.5) is 14.6 Å². The number of alkyl halides is 2. The van der Waals surface area contributed by atoms with Crippen molar-refractivity contribution >= 4 is 5.82 Å². The average molecular weight is 455 g/mol. The van der Waals surface area contributed by atoms with Gasteiger partial charge in [-0.05, 0) is 69.4 Å². The van der Waals surface area contributed by atoms with Crippen LogP contribution in [-0.2, 0) is 0 Å². The van der Waals surface area contributed by atoms with Crippen LogP contribution in [0.25, 0.3) is 22.4 Å². The van der Waals surface area contributed by atoms with E-state index in [9.17, 15) is 13.9 Å². The fourth-order valence-corrected chi connectivity index (χ4v) is 5.46.